The van der Waals surface area contributed by atoms with Gasteiger partial charge in [-0.25, -0.2) is 0 Å². The Labute approximate surface area is 91.3 Å². The van der Waals surface area contributed by atoms with Gasteiger partial charge in [-0.05, 0) is 25.0 Å². The molecule has 1 fully saturated rings. The van der Waals surface area contributed by atoms with E-state index in [1.807, 2.05) is 0 Å². The molecule has 14 heavy (non-hydrogen) atoms. The predicted octanol–water partition coefficient (Wildman–Crippen LogP) is 1.48. The highest BCUT2D eigenvalue weighted by Crippen LogP contribution is 2.25. The van der Waals surface area contributed by atoms with Gasteiger partial charge in [-0.1, -0.05) is 23.8 Å². The van der Waals surface area contributed by atoms with Crippen LogP contribution in [0.1, 0.15) is 16.7 Å². The van der Waals surface area contributed by atoms with E-state index >= 15 is 0 Å². The van der Waals surface area contributed by atoms with Crippen molar-refractivity contribution in [3.05, 3.63) is 34.9 Å². The SMILES string of the molecule is Cc1ccc(C2(N)CNC2)c(C)c1.Cl. The summed E-state index contributed by atoms with van der Waals surface area (Å²) < 4.78 is 0. The lowest BCUT2D eigenvalue weighted by atomic mass is 9.82. The first-order valence-electron chi connectivity index (χ1n) is 4.69. The maximum absolute atomic E-state index is 6.21. The molecule has 0 radical (unpaired) electrons. The van der Waals surface area contributed by atoms with E-state index in [-0.39, 0.29) is 17.9 Å². The van der Waals surface area contributed by atoms with Gasteiger partial charge < -0.3 is 11.1 Å². The van der Waals surface area contributed by atoms with E-state index in [1.165, 1.54) is 16.7 Å². The molecule has 3 N–H and O–H groups in total. The minimum atomic E-state index is -0.113. The topological polar surface area (TPSA) is 38.0 Å². The quantitative estimate of drug-likeness (QED) is 0.740. The Bertz CT molecular complexity index is 332. The normalized spacial score (nSPS) is 18.2. The highest BCUT2D eigenvalue weighted by Gasteiger charge is 2.35. The van der Waals surface area contributed by atoms with Crippen LogP contribution in [0.5, 0.6) is 0 Å². The highest BCUT2D eigenvalue weighted by atomic mass is 35.5. The molecule has 0 atom stereocenters. The highest BCUT2D eigenvalue weighted by molar-refractivity contribution is 5.85. The Morgan fingerprint density at radius 1 is 1.29 bits per heavy atom. The summed E-state index contributed by atoms with van der Waals surface area (Å²) in [6, 6.07) is 6.49. The van der Waals surface area contributed by atoms with Gasteiger partial charge in [-0.2, -0.15) is 0 Å². The molecule has 1 saturated heterocycles. The van der Waals surface area contributed by atoms with Crippen molar-refractivity contribution < 1.29 is 0 Å². The second kappa shape index (κ2) is 3.89. The minimum absolute atomic E-state index is 0. The molecule has 1 aliphatic rings. The Kier molecular flexibility index (Phi) is 3.20. The fraction of sp³-hybridized carbons (Fsp3) is 0.455. The van der Waals surface area contributed by atoms with Crippen LogP contribution in [-0.2, 0) is 5.54 Å². The minimum Gasteiger partial charge on any atom is -0.319 e. The zero-order valence-corrected chi connectivity index (χ0v) is 9.45. The second-order valence-electron chi connectivity index (χ2n) is 4.08. The van der Waals surface area contributed by atoms with Crippen LogP contribution < -0.4 is 11.1 Å². The van der Waals surface area contributed by atoms with E-state index in [1.54, 1.807) is 0 Å². The van der Waals surface area contributed by atoms with Gasteiger partial charge in [0.1, 0.15) is 0 Å². The van der Waals surface area contributed by atoms with Crippen LogP contribution in [-0.4, -0.2) is 13.1 Å². The van der Waals surface area contributed by atoms with Crippen molar-refractivity contribution in [3.63, 3.8) is 0 Å². The van der Waals surface area contributed by atoms with Crippen LogP contribution in [0.15, 0.2) is 18.2 Å². The first-order valence-corrected chi connectivity index (χ1v) is 4.69. The van der Waals surface area contributed by atoms with Crippen molar-refractivity contribution >= 4 is 12.4 Å². The van der Waals surface area contributed by atoms with Gasteiger partial charge in [0.2, 0.25) is 0 Å². The van der Waals surface area contributed by atoms with E-state index in [9.17, 15) is 0 Å². The molecule has 1 aromatic carbocycles. The smallest absolute Gasteiger partial charge is 0.0664 e. The summed E-state index contributed by atoms with van der Waals surface area (Å²) in [5, 5.41) is 3.22. The van der Waals surface area contributed by atoms with E-state index in [0.717, 1.165) is 13.1 Å². The summed E-state index contributed by atoms with van der Waals surface area (Å²) in [5.41, 5.74) is 10.0. The molecule has 1 aliphatic heterocycles. The summed E-state index contributed by atoms with van der Waals surface area (Å²) in [6.07, 6.45) is 0. The number of nitrogens with one attached hydrogen (secondary N) is 1. The largest absolute Gasteiger partial charge is 0.319 e. The molecule has 0 aromatic heterocycles. The lowest BCUT2D eigenvalue weighted by Gasteiger charge is -2.40. The third-order valence-electron chi connectivity index (χ3n) is 2.80. The number of benzene rings is 1. The van der Waals surface area contributed by atoms with Crippen LogP contribution in [0, 0.1) is 13.8 Å². The molecule has 0 unspecified atom stereocenters. The molecular formula is C11H17ClN2. The first-order chi connectivity index (χ1) is 6.12. The molecule has 2 nitrogen and oxygen atoms in total. The number of nitrogens with two attached hydrogens (primary N) is 1. The Hall–Kier alpha value is -0.570. The maximum atomic E-state index is 6.21. The van der Waals surface area contributed by atoms with Gasteiger partial charge >= 0.3 is 0 Å². The Balaban J connectivity index is 0.000000980. The third kappa shape index (κ3) is 1.78. The molecule has 3 heteroatoms. The average Bonchev–Trinajstić information content (AvgIpc) is 2.00. The fourth-order valence-electron chi connectivity index (χ4n) is 1.96. The maximum Gasteiger partial charge on any atom is 0.0664 e. The monoisotopic (exact) mass is 212 g/mol. The number of rotatable bonds is 1. The molecule has 1 aromatic rings. The lowest BCUT2D eigenvalue weighted by molar-refractivity contribution is 0.286. The zero-order valence-electron chi connectivity index (χ0n) is 8.63. The molecule has 2 rings (SSSR count). The van der Waals surface area contributed by atoms with Crippen molar-refractivity contribution in [3.8, 4) is 0 Å². The van der Waals surface area contributed by atoms with Crippen LogP contribution in [0.4, 0.5) is 0 Å². The van der Waals surface area contributed by atoms with Crippen LogP contribution in [0.3, 0.4) is 0 Å². The van der Waals surface area contributed by atoms with Crippen LogP contribution >= 0.6 is 12.4 Å². The molecule has 0 bridgehead atoms. The predicted molar refractivity (Wildman–Crippen MR) is 61.9 cm³/mol. The fourth-order valence-corrected chi connectivity index (χ4v) is 1.96. The van der Waals surface area contributed by atoms with Gasteiger partial charge in [0, 0.05) is 13.1 Å². The van der Waals surface area contributed by atoms with Gasteiger partial charge in [-0.3, -0.25) is 0 Å². The van der Waals surface area contributed by atoms with E-state index < -0.39 is 0 Å². The summed E-state index contributed by atoms with van der Waals surface area (Å²) in [7, 11) is 0. The van der Waals surface area contributed by atoms with E-state index in [0.29, 0.717) is 0 Å². The second-order valence-corrected chi connectivity index (χ2v) is 4.08. The number of hydrogen-bond acceptors (Lipinski definition) is 2. The number of hydrogen-bond donors (Lipinski definition) is 2. The van der Waals surface area contributed by atoms with Crippen molar-refractivity contribution in [2.45, 2.75) is 19.4 Å². The Morgan fingerprint density at radius 2 is 1.93 bits per heavy atom. The average molecular weight is 213 g/mol. The summed E-state index contributed by atoms with van der Waals surface area (Å²) in [4.78, 5) is 0. The lowest BCUT2D eigenvalue weighted by Crippen LogP contribution is -2.63. The molecule has 1 heterocycles. The van der Waals surface area contributed by atoms with Gasteiger partial charge in [-0.15, -0.1) is 12.4 Å². The first kappa shape index (κ1) is 11.5. The van der Waals surface area contributed by atoms with Crippen molar-refractivity contribution in [1.29, 1.82) is 0 Å². The molecule has 0 amide bonds. The summed E-state index contributed by atoms with van der Waals surface area (Å²) >= 11 is 0. The number of aryl methyl sites for hydroxylation is 2. The Morgan fingerprint density at radius 3 is 2.36 bits per heavy atom. The molecule has 78 valence electrons. The van der Waals surface area contributed by atoms with Crippen molar-refractivity contribution in [2.24, 2.45) is 5.73 Å². The van der Waals surface area contributed by atoms with Crippen LogP contribution in [0.2, 0.25) is 0 Å². The van der Waals surface area contributed by atoms with Gasteiger partial charge in [0.15, 0.2) is 0 Å². The summed E-state index contributed by atoms with van der Waals surface area (Å²) in [5.74, 6) is 0. The molecule has 0 saturated carbocycles. The van der Waals surface area contributed by atoms with Gasteiger partial charge in [0.05, 0.1) is 5.54 Å². The molecule has 0 aliphatic carbocycles. The summed E-state index contributed by atoms with van der Waals surface area (Å²) in [6.45, 7) is 6.04. The van der Waals surface area contributed by atoms with Crippen molar-refractivity contribution in [1.82, 2.24) is 5.32 Å². The zero-order chi connectivity index (χ0) is 9.47. The van der Waals surface area contributed by atoms with E-state index in [4.69, 9.17) is 5.73 Å². The van der Waals surface area contributed by atoms with Gasteiger partial charge in [0.25, 0.3) is 0 Å². The van der Waals surface area contributed by atoms with Crippen molar-refractivity contribution in [2.75, 3.05) is 13.1 Å². The third-order valence-corrected chi connectivity index (χ3v) is 2.80. The van der Waals surface area contributed by atoms with E-state index in [2.05, 4.69) is 37.4 Å². The molecule has 0 spiro atoms. The number of halogens is 1. The molecular weight excluding hydrogens is 196 g/mol. The standard InChI is InChI=1S/C11H16N2.ClH/c1-8-3-4-10(9(2)5-8)11(12)6-13-7-11;/h3-5,13H,6-7,12H2,1-2H3;1H. The van der Waals surface area contributed by atoms with Crippen LogP contribution in [0.25, 0.3) is 0 Å².